The van der Waals surface area contributed by atoms with Gasteiger partial charge >= 0.3 is 0 Å². The second kappa shape index (κ2) is 4.68. The van der Waals surface area contributed by atoms with Crippen molar-refractivity contribution in [2.75, 3.05) is 5.73 Å². The number of hydrogen-bond donors (Lipinski definition) is 1. The van der Waals surface area contributed by atoms with Crippen LogP contribution in [0.4, 0.5) is 5.69 Å². The van der Waals surface area contributed by atoms with E-state index < -0.39 is 9.84 Å². The SMILES string of the molecule is Nc1ccc(S(=O)(=O)Cc2cccs2)c(Cl)c1. The highest BCUT2D eigenvalue weighted by Crippen LogP contribution is 2.27. The summed E-state index contributed by atoms with van der Waals surface area (Å²) in [6.07, 6.45) is 0. The maximum atomic E-state index is 12.1. The van der Waals surface area contributed by atoms with Crippen molar-refractivity contribution >= 4 is 38.5 Å². The van der Waals surface area contributed by atoms with Gasteiger partial charge in [-0.25, -0.2) is 8.42 Å². The fourth-order valence-corrected chi connectivity index (χ4v) is 4.46. The lowest BCUT2D eigenvalue weighted by atomic mass is 10.3. The van der Waals surface area contributed by atoms with Crippen molar-refractivity contribution in [1.82, 2.24) is 0 Å². The third kappa shape index (κ3) is 2.80. The Bertz CT molecular complexity index is 621. The van der Waals surface area contributed by atoms with Gasteiger partial charge in [-0.05, 0) is 29.6 Å². The third-order valence-electron chi connectivity index (χ3n) is 2.20. The van der Waals surface area contributed by atoms with E-state index in [1.807, 2.05) is 11.4 Å². The third-order valence-corrected chi connectivity index (χ3v) is 5.40. The van der Waals surface area contributed by atoms with E-state index in [4.69, 9.17) is 17.3 Å². The first-order valence-corrected chi connectivity index (χ1v) is 7.70. The molecule has 2 N–H and O–H groups in total. The van der Waals surface area contributed by atoms with Crippen molar-refractivity contribution in [2.24, 2.45) is 0 Å². The molecule has 0 unspecified atom stereocenters. The van der Waals surface area contributed by atoms with Crippen LogP contribution in [-0.2, 0) is 15.6 Å². The van der Waals surface area contributed by atoms with E-state index in [1.165, 1.54) is 29.5 Å². The highest BCUT2D eigenvalue weighted by Gasteiger charge is 2.19. The Morgan fingerprint density at radius 2 is 2.06 bits per heavy atom. The van der Waals surface area contributed by atoms with Crippen molar-refractivity contribution in [1.29, 1.82) is 0 Å². The molecule has 0 amide bonds. The van der Waals surface area contributed by atoms with Gasteiger partial charge in [0.25, 0.3) is 0 Å². The van der Waals surface area contributed by atoms with Gasteiger partial charge in [0.15, 0.2) is 9.84 Å². The molecular weight excluding hydrogens is 278 g/mol. The monoisotopic (exact) mass is 287 g/mol. The minimum Gasteiger partial charge on any atom is -0.399 e. The molecule has 6 heteroatoms. The molecule has 90 valence electrons. The Morgan fingerprint density at radius 1 is 1.29 bits per heavy atom. The first-order chi connectivity index (χ1) is 7.99. The normalized spacial score (nSPS) is 11.6. The fraction of sp³-hybridized carbons (Fsp3) is 0.0909. The van der Waals surface area contributed by atoms with Gasteiger partial charge in [-0.3, -0.25) is 0 Å². The number of rotatable bonds is 3. The Hall–Kier alpha value is -1.04. The smallest absolute Gasteiger partial charge is 0.184 e. The summed E-state index contributed by atoms with van der Waals surface area (Å²) in [7, 11) is -3.41. The van der Waals surface area contributed by atoms with Gasteiger partial charge in [0.2, 0.25) is 0 Å². The number of hydrogen-bond acceptors (Lipinski definition) is 4. The van der Waals surface area contributed by atoms with Crippen LogP contribution in [-0.4, -0.2) is 8.42 Å². The fourth-order valence-electron chi connectivity index (χ4n) is 1.43. The largest absolute Gasteiger partial charge is 0.399 e. The van der Waals surface area contributed by atoms with Crippen LogP contribution in [0.1, 0.15) is 4.88 Å². The summed E-state index contributed by atoms with van der Waals surface area (Å²) >= 11 is 7.30. The van der Waals surface area contributed by atoms with Gasteiger partial charge in [-0.1, -0.05) is 17.7 Å². The molecular formula is C11H10ClNO2S2. The summed E-state index contributed by atoms with van der Waals surface area (Å²) in [6, 6.07) is 8.03. The molecule has 17 heavy (non-hydrogen) atoms. The average molecular weight is 288 g/mol. The topological polar surface area (TPSA) is 60.2 Å². The molecule has 0 saturated heterocycles. The van der Waals surface area contributed by atoms with Crippen molar-refractivity contribution < 1.29 is 8.42 Å². The Morgan fingerprint density at radius 3 is 2.65 bits per heavy atom. The molecule has 1 aromatic heterocycles. The second-order valence-electron chi connectivity index (χ2n) is 3.53. The van der Waals surface area contributed by atoms with Crippen LogP contribution < -0.4 is 5.73 Å². The molecule has 3 nitrogen and oxygen atoms in total. The Kier molecular flexibility index (Phi) is 3.42. The summed E-state index contributed by atoms with van der Waals surface area (Å²) in [4.78, 5) is 0.916. The predicted molar refractivity (Wildman–Crippen MR) is 71.1 cm³/mol. The van der Waals surface area contributed by atoms with Crippen molar-refractivity contribution in [3.8, 4) is 0 Å². The van der Waals surface area contributed by atoms with E-state index in [-0.39, 0.29) is 15.7 Å². The van der Waals surface area contributed by atoms with Gasteiger partial charge in [-0.2, -0.15) is 0 Å². The van der Waals surface area contributed by atoms with E-state index in [0.29, 0.717) is 5.69 Å². The highest BCUT2D eigenvalue weighted by molar-refractivity contribution is 7.90. The molecule has 1 heterocycles. The van der Waals surface area contributed by atoms with Crippen molar-refractivity contribution in [2.45, 2.75) is 10.6 Å². The molecule has 0 spiro atoms. The molecule has 0 fully saturated rings. The highest BCUT2D eigenvalue weighted by atomic mass is 35.5. The zero-order valence-corrected chi connectivity index (χ0v) is 11.1. The van der Waals surface area contributed by atoms with Gasteiger partial charge in [-0.15, -0.1) is 11.3 Å². The zero-order valence-electron chi connectivity index (χ0n) is 8.76. The molecule has 0 aliphatic carbocycles. The number of halogens is 1. The quantitative estimate of drug-likeness (QED) is 0.883. The molecule has 0 radical (unpaired) electrons. The van der Waals surface area contributed by atoms with Crippen LogP contribution >= 0.6 is 22.9 Å². The first kappa shape index (κ1) is 12.4. The van der Waals surface area contributed by atoms with Gasteiger partial charge < -0.3 is 5.73 Å². The number of sulfone groups is 1. The van der Waals surface area contributed by atoms with Crippen LogP contribution in [0.5, 0.6) is 0 Å². The van der Waals surface area contributed by atoms with Crippen LogP contribution in [0.25, 0.3) is 0 Å². The van der Waals surface area contributed by atoms with Crippen LogP contribution in [0, 0.1) is 0 Å². The predicted octanol–water partition coefficient (Wildman–Crippen LogP) is 2.96. The summed E-state index contributed by atoms with van der Waals surface area (Å²) in [5.74, 6) is -0.0334. The number of benzene rings is 1. The van der Waals surface area contributed by atoms with Gasteiger partial charge in [0.1, 0.15) is 0 Å². The van der Waals surface area contributed by atoms with E-state index in [0.717, 1.165) is 4.88 Å². The minimum absolute atomic E-state index is 0.0334. The molecule has 0 saturated carbocycles. The molecule has 0 bridgehead atoms. The first-order valence-electron chi connectivity index (χ1n) is 4.79. The lowest BCUT2D eigenvalue weighted by Gasteiger charge is -2.06. The maximum Gasteiger partial charge on any atom is 0.184 e. The lowest BCUT2D eigenvalue weighted by molar-refractivity contribution is 0.596. The Labute approximate surface area is 109 Å². The van der Waals surface area contributed by atoms with Gasteiger partial charge in [0, 0.05) is 10.6 Å². The molecule has 0 atom stereocenters. The van der Waals surface area contributed by atoms with Crippen molar-refractivity contribution in [3.63, 3.8) is 0 Å². The van der Waals surface area contributed by atoms with E-state index in [1.54, 1.807) is 6.07 Å². The molecule has 2 aromatic rings. The zero-order chi connectivity index (χ0) is 12.5. The number of thiophene rings is 1. The van der Waals surface area contributed by atoms with Crippen LogP contribution in [0.15, 0.2) is 40.6 Å². The van der Waals surface area contributed by atoms with Crippen LogP contribution in [0.3, 0.4) is 0 Å². The molecule has 0 aliphatic rings. The lowest BCUT2D eigenvalue weighted by Crippen LogP contribution is -2.05. The summed E-state index contributed by atoms with van der Waals surface area (Å²) in [6.45, 7) is 0. The summed E-state index contributed by atoms with van der Waals surface area (Å²) < 4.78 is 24.2. The number of nitrogens with two attached hydrogens (primary N) is 1. The van der Waals surface area contributed by atoms with E-state index in [2.05, 4.69) is 0 Å². The molecule has 1 aromatic carbocycles. The van der Waals surface area contributed by atoms with Gasteiger partial charge in [0.05, 0.1) is 15.7 Å². The average Bonchev–Trinajstić information content (AvgIpc) is 2.68. The Balaban J connectivity index is 2.38. The van der Waals surface area contributed by atoms with E-state index >= 15 is 0 Å². The number of anilines is 1. The summed E-state index contributed by atoms with van der Waals surface area (Å²) in [5, 5.41) is 2.01. The second-order valence-corrected chi connectivity index (χ2v) is 6.93. The maximum absolute atomic E-state index is 12.1. The van der Waals surface area contributed by atoms with Crippen molar-refractivity contribution in [3.05, 3.63) is 45.6 Å². The van der Waals surface area contributed by atoms with E-state index in [9.17, 15) is 8.42 Å². The molecule has 2 rings (SSSR count). The molecule has 0 aliphatic heterocycles. The van der Waals surface area contributed by atoms with Crippen LogP contribution in [0.2, 0.25) is 5.02 Å². The minimum atomic E-state index is -3.41. The standard InChI is InChI=1S/C11H10ClNO2S2/c12-10-6-8(13)3-4-11(10)17(14,15)7-9-2-1-5-16-9/h1-6H,7,13H2. The number of nitrogen functional groups attached to an aromatic ring is 1. The summed E-state index contributed by atoms with van der Waals surface area (Å²) in [5.41, 5.74) is 5.98.